The first kappa shape index (κ1) is 16.5. The summed E-state index contributed by atoms with van der Waals surface area (Å²) in [5, 5.41) is 0.642. The Morgan fingerprint density at radius 2 is 1.92 bits per heavy atom. The molecular formula is C21H20N4O. The van der Waals surface area contributed by atoms with Gasteiger partial charge in [-0.2, -0.15) is 0 Å². The van der Waals surface area contributed by atoms with Crippen LogP contribution in [0.4, 0.5) is 0 Å². The number of aryl methyl sites for hydroxylation is 2. The van der Waals surface area contributed by atoms with Crippen molar-refractivity contribution in [1.29, 1.82) is 0 Å². The van der Waals surface area contributed by atoms with Crippen LogP contribution in [0.3, 0.4) is 0 Å². The summed E-state index contributed by atoms with van der Waals surface area (Å²) in [6, 6.07) is 5.55. The highest BCUT2D eigenvalue weighted by Gasteiger charge is 2.27. The first-order valence-corrected chi connectivity index (χ1v) is 8.75. The molecule has 0 radical (unpaired) electrons. The lowest BCUT2D eigenvalue weighted by molar-refractivity contribution is 0.240. The second-order valence-electron chi connectivity index (χ2n) is 7.65. The Kier molecular flexibility index (Phi) is 3.84. The van der Waals surface area contributed by atoms with Crippen molar-refractivity contribution >= 4 is 10.9 Å². The number of rotatable bonds is 0. The maximum Gasteiger partial charge on any atom is 0.261 e. The van der Waals surface area contributed by atoms with Gasteiger partial charge in [0.25, 0.3) is 5.56 Å². The fraction of sp³-hybridized carbons (Fsp3) is 0.333. The maximum absolute atomic E-state index is 12.9. The molecule has 0 atom stereocenters. The van der Waals surface area contributed by atoms with Gasteiger partial charge in [0.15, 0.2) is 0 Å². The zero-order valence-corrected chi connectivity index (χ0v) is 15.2. The zero-order valence-electron chi connectivity index (χ0n) is 15.2. The molecule has 1 aromatic carbocycles. The number of nitrogens with zero attached hydrogens (tertiary/aromatic N) is 4. The van der Waals surface area contributed by atoms with E-state index >= 15 is 0 Å². The summed E-state index contributed by atoms with van der Waals surface area (Å²) in [4.78, 5) is 26.0. The molecule has 4 rings (SSSR count). The molecule has 0 saturated heterocycles. The van der Waals surface area contributed by atoms with Gasteiger partial charge in [0, 0.05) is 30.9 Å². The molecule has 0 unspecified atom stereocenters. The molecule has 5 heteroatoms. The van der Waals surface area contributed by atoms with Crippen LogP contribution in [0.5, 0.6) is 0 Å². The lowest BCUT2D eigenvalue weighted by Gasteiger charge is -2.31. The highest BCUT2D eigenvalue weighted by atomic mass is 16.1. The van der Waals surface area contributed by atoms with Crippen molar-refractivity contribution in [2.24, 2.45) is 5.41 Å². The standard InChI is InChI=1S/C21H20N4O/c1-14-11-22-18(23-12-14)7-5-15-4-6-16-17(10-15)24-19-8-9-21(2,3)13-25(19)20(16)26/h4,6,10-12H,8-9,13H2,1-3H3. The largest absolute Gasteiger partial charge is 0.296 e. The molecule has 1 aliphatic heterocycles. The number of hydrogen-bond donors (Lipinski definition) is 0. The molecule has 130 valence electrons. The van der Waals surface area contributed by atoms with Crippen LogP contribution in [0.15, 0.2) is 35.4 Å². The van der Waals surface area contributed by atoms with E-state index in [0.717, 1.165) is 36.3 Å². The third kappa shape index (κ3) is 3.11. The van der Waals surface area contributed by atoms with Gasteiger partial charge in [0.2, 0.25) is 5.82 Å². The first-order valence-electron chi connectivity index (χ1n) is 8.75. The Labute approximate surface area is 152 Å². The second kappa shape index (κ2) is 6.06. The van der Waals surface area contributed by atoms with Gasteiger partial charge in [-0.1, -0.05) is 19.8 Å². The molecule has 2 aromatic heterocycles. The number of aromatic nitrogens is 4. The third-order valence-corrected chi connectivity index (χ3v) is 4.75. The van der Waals surface area contributed by atoms with E-state index in [2.05, 4.69) is 35.7 Å². The van der Waals surface area contributed by atoms with Crippen LogP contribution in [0.25, 0.3) is 10.9 Å². The fourth-order valence-corrected chi connectivity index (χ4v) is 3.24. The molecule has 1 aliphatic rings. The summed E-state index contributed by atoms with van der Waals surface area (Å²) in [6.07, 6.45) is 5.35. The van der Waals surface area contributed by atoms with Crippen LogP contribution in [0.2, 0.25) is 0 Å². The second-order valence-corrected chi connectivity index (χ2v) is 7.65. The summed E-state index contributed by atoms with van der Waals surface area (Å²) in [5.41, 5.74) is 2.68. The van der Waals surface area contributed by atoms with Crippen LogP contribution >= 0.6 is 0 Å². The molecule has 0 amide bonds. The van der Waals surface area contributed by atoms with Crippen molar-refractivity contribution in [3.63, 3.8) is 0 Å². The topological polar surface area (TPSA) is 60.7 Å². The highest BCUT2D eigenvalue weighted by molar-refractivity contribution is 5.79. The van der Waals surface area contributed by atoms with E-state index < -0.39 is 0 Å². The van der Waals surface area contributed by atoms with Crippen LogP contribution in [0.1, 0.15) is 43.0 Å². The van der Waals surface area contributed by atoms with Crippen LogP contribution in [-0.4, -0.2) is 19.5 Å². The average molecular weight is 344 g/mol. The number of hydrogen-bond acceptors (Lipinski definition) is 4. The predicted octanol–water partition coefficient (Wildman–Crippen LogP) is 2.87. The smallest absolute Gasteiger partial charge is 0.261 e. The van der Waals surface area contributed by atoms with E-state index in [-0.39, 0.29) is 11.0 Å². The molecule has 0 N–H and O–H groups in total. The first-order chi connectivity index (χ1) is 12.4. The van der Waals surface area contributed by atoms with Crippen LogP contribution in [0, 0.1) is 24.2 Å². The quantitative estimate of drug-likeness (QED) is 0.588. The Hall–Kier alpha value is -3.00. The van der Waals surface area contributed by atoms with Gasteiger partial charge < -0.3 is 0 Å². The molecule has 26 heavy (non-hydrogen) atoms. The van der Waals surface area contributed by atoms with Crippen molar-refractivity contribution in [2.45, 2.75) is 40.2 Å². The third-order valence-electron chi connectivity index (χ3n) is 4.75. The van der Waals surface area contributed by atoms with Crippen molar-refractivity contribution in [2.75, 3.05) is 0 Å². The highest BCUT2D eigenvalue weighted by Crippen LogP contribution is 2.29. The molecule has 3 aromatic rings. The number of fused-ring (bicyclic) bond motifs is 2. The van der Waals surface area contributed by atoms with Crippen LogP contribution < -0.4 is 5.56 Å². The van der Waals surface area contributed by atoms with Gasteiger partial charge >= 0.3 is 0 Å². The molecule has 0 spiro atoms. The summed E-state index contributed by atoms with van der Waals surface area (Å²) >= 11 is 0. The van der Waals surface area contributed by atoms with E-state index in [1.54, 1.807) is 12.4 Å². The Balaban J connectivity index is 1.75. The molecule has 5 nitrogen and oxygen atoms in total. The SMILES string of the molecule is Cc1cnc(C#Cc2ccc3c(=O)n4c(nc3c2)CCC(C)(C)C4)nc1. The van der Waals surface area contributed by atoms with Gasteiger partial charge in [-0.05, 0) is 48.4 Å². The van der Waals surface area contributed by atoms with E-state index in [0.29, 0.717) is 16.7 Å². The minimum Gasteiger partial charge on any atom is -0.296 e. The fourth-order valence-electron chi connectivity index (χ4n) is 3.24. The van der Waals surface area contributed by atoms with Crippen LogP contribution in [-0.2, 0) is 13.0 Å². The number of benzene rings is 1. The lowest BCUT2D eigenvalue weighted by atomic mass is 9.85. The normalized spacial score (nSPS) is 15.2. The molecule has 3 heterocycles. The van der Waals surface area contributed by atoms with Gasteiger partial charge in [0.1, 0.15) is 5.82 Å². The van der Waals surface area contributed by atoms with E-state index in [9.17, 15) is 4.79 Å². The van der Waals surface area contributed by atoms with Gasteiger partial charge in [-0.25, -0.2) is 15.0 Å². The molecule has 0 saturated carbocycles. The molecule has 0 aliphatic carbocycles. The minimum absolute atomic E-state index is 0.0409. The monoisotopic (exact) mass is 344 g/mol. The van der Waals surface area contributed by atoms with Gasteiger partial charge in [0.05, 0.1) is 10.9 Å². The maximum atomic E-state index is 12.9. The van der Waals surface area contributed by atoms with Gasteiger partial charge in [-0.3, -0.25) is 9.36 Å². The van der Waals surface area contributed by atoms with Crippen molar-refractivity contribution in [3.8, 4) is 11.8 Å². The van der Waals surface area contributed by atoms with Crippen molar-refractivity contribution in [3.05, 3.63) is 63.7 Å². The predicted molar refractivity (Wildman–Crippen MR) is 101 cm³/mol. The van der Waals surface area contributed by atoms with E-state index in [4.69, 9.17) is 4.98 Å². The van der Waals surface area contributed by atoms with Crippen molar-refractivity contribution < 1.29 is 0 Å². The molecule has 0 bridgehead atoms. The Morgan fingerprint density at radius 1 is 1.15 bits per heavy atom. The zero-order chi connectivity index (χ0) is 18.3. The van der Waals surface area contributed by atoms with Gasteiger partial charge in [-0.15, -0.1) is 0 Å². The average Bonchev–Trinajstić information content (AvgIpc) is 2.62. The summed E-state index contributed by atoms with van der Waals surface area (Å²) in [5.74, 6) is 7.37. The summed E-state index contributed by atoms with van der Waals surface area (Å²) < 4.78 is 1.83. The summed E-state index contributed by atoms with van der Waals surface area (Å²) in [7, 11) is 0. The minimum atomic E-state index is 0.0409. The Bertz CT molecular complexity index is 1110. The molecule has 0 fully saturated rings. The summed E-state index contributed by atoms with van der Waals surface area (Å²) in [6.45, 7) is 7.04. The van der Waals surface area contributed by atoms with E-state index in [1.165, 1.54) is 0 Å². The molecular weight excluding hydrogens is 324 g/mol. The van der Waals surface area contributed by atoms with Crippen molar-refractivity contribution in [1.82, 2.24) is 19.5 Å². The van der Waals surface area contributed by atoms with E-state index in [1.807, 2.05) is 29.7 Å². The Morgan fingerprint density at radius 3 is 2.69 bits per heavy atom. The lowest BCUT2D eigenvalue weighted by Crippen LogP contribution is -2.36.